The summed E-state index contributed by atoms with van der Waals surface area (Å²) in [6.07, 6.45) is 3.07. The van der Waals surface area contributed by atoms with E-state index in [4.69, 9.17) is 0 Å². The first-order valence-electron chi connectivity index (χ1n) is 7.37. The molecular formula is C18H16N4O2. The van der Waals surface area contributed by atoms with E-state index in [1.54, 1.807) is 31.5 Å². The number of aliphatic hydroxyl groups excluding tert-OH is 1. The number of nitrogens with zero attached hydrogens (tertiary/aromatic N) is 2. The predicted molar refractivity (Wildman–Crippen MR) is 92.9 cm³/mol. The first kappa shape index (κ1) is 15.5. The molecule has 0 spiro atoms. The van der Waals surface area contributed by atoms with Crippen LogP contribution in [0.5, 0.6) is 0 Å². The number of nitrogens with one attached hydrogen (secondary N) is 2. The van der Waals surface area contributed by atoms with Gasteiger partial charge in [0.15, 0.2) is 0 Å². The predicted octanol–water partition coefficient (Wildman–Crippen LogP) is 3.16. The summed E-state index contributed by atoms with van der Waals surface area (Å²) in [6.45, 7) is 1.55. The van der Waals surface area contributed by atoms with Crippen molar-refractivity contribution in [3.05, 3.63) is 77.8 Å². The summed E-state index contributed by atoms with van der Waals surface area (Å²) >= 11 is 0. The van der Waals surface area contributed by atoms with Crippen LogP contribution < -0.4 is 5.43 Å². The van der Waals surface area contributed by atoms with Crippen molar-refractivity contribution in [3.63, 3.8) is 0 Å². The number of aliphatic hydroxyl groups is 1. The Labute approximate surface area is 138 Å². The van der Waals surface area contributed by atoms with Gasteiger partial charge in [0.1, 0.15) is 0 Å². The van der Waals surface area contributed by atoms with Gasteiger partial charge in [0, 0.05) is 17.2 Å². The van der Waals surface area contributed by atoms with Gasteiger partial charge in [0.05, 0.1) is 28.8 Å². The number of rotatable bonds is 4. The molecule has 0 saturated carbocycles. The van der Waals surface area contributed by atoms with Crippen molar-refractivity contribution in [2.75, 3.05) is 0 Å². The number of hydrazone groups is 1. The topological polar surface area (TPSA) is 90.4 Å². The lowest BCUT2D eigenvalue weighted by molar-refractivity contribution is 0.0955. The second-order valence-corrected chi connectivity index (χ2v) is 5.22. The van der Waals surface area contributed by atoms with Gasteiger partial charge in [0.2, 0.25) is 0 Å². The van der Waals surface area contributed by atoms with Crippen LogP contribution in [0.1, 0.15) is 22.8 Å². The number of aromatic amines is 1. The van der Waals surface area contributed by atoms with Crippen molar-refractivity contribution in [2.45, 2.75) is 6.92 Å². The lowest BCUT2D eigenvalue weighted by atomic mass is 10.1. The van der Waals surface area contributed by atoms with Gasteiger partial charge in [-0.2, -0.15) is 5.10 Å². The van der Waals surface area contributed by atoms with Crippen LogP contribution in [0, 0.1) is 0 Å². The van der Waals surface area contributed by atoms with Crippen LogP contribution in [0.4, 0.5) is 0 Å². The number of aromatic nitrogens is 2. The summed E-state index contributed by atoms with van der Waals surface area (Å²) < 4.78 is 0. The molecule has 0 aliphatic carbocycles. The zero-order valence-electron chi connectivity index (χ0n) is 13.0. The molecule has 1 heterocycles. The highest BCUT2D eigenvalue weighted by molar-refractivity contribution is 6.09. The van der Waals surface area contributed by atoms with Gasteiger partial charge in [-0.25, -0.2) is 10.4 Å². The first-order chi connectivity index (χ1) is 11.6. The SMILES string of the molecule is CC(O)=CC(=NNC(=O)c1ccc2nc[nH]c2c1)c1ccccc1. The van der Waals surface area contributed by atoms with E-state index in [9.17, 15) is 9.90 Å². The van der Waals surface area contributed by atoms with E-state index in [0.29, 0.717) is 11.3 Å². The average molecular weight is 320 g/mol. The Hall–Kier alpha value is -3.41. The quantitative estimate of drug-likeness (QED) is 0.392. The van der Waals surface area contributed by atoms with Crippen LogP contribution >= 0.6 is 0 Å². The highest BCUT2D eigenvalue weighted by Gasteiger charge is 2.08. The number of hydrogen-bond acceptors (Lipinski definition) is 4. The number of allylic oxidation sites excluding steroid dienone is 2. The maximum atomic E-state index is 12.3. The summed E-state index contributed by atoms with van der Waals surface area (Å²) in [5.41, 5.74) is 5.81. The van der Waals surface area contributed by atoms with E-state index < -0.39 is 0 Å². The molecule has 0 saturated heterocycles. The molecule has 2 aromatic carbocycles. The number of imidazole rings is 1. The van der Waals surface area contributed by atoms with Gasteiger partial charge in [-0.15, -0.1) is 0 Å². The molecule has 0 fully saturated rings. The molecule has 3 rings (SSSR count). The third-order valence-electron chi connectivity index (χ3n) is 3.38. The Morgan fingerprint density at radius 2 is 2.00 bits per heavy atom. The fourth-order valence-electron chi connectivity index (χ4n) is 2.24. The van der Waals surface area contributed by atoms with Crippen LogP contribution in [0.25, 0.3) is 11.0 Å². The Morgan fingerprint density at radius 1 is 1.21 bits per heavy atom. The van der Waals surface area contributed by atoms with Gasteiger partial charge < -0.3 is 10.1 Å². The van der Waals surface area contributed by atoms with Crippen LogP contribution in [0.2, 0.25) is 0 Å². The Morgan fingerprint density at radius 3 is 2.75 bits per heavy atom. The molecule has 120 valence electrons. The van der Waals surface area contributed by atoms with Gasteiger partial charge in [-0.1, -0.05) is 30.3 Å². The molecule has 0 bridgehead atoms. The second kappa shape index (κ2) is 6.78. The summed E-state index contributed by atoms with van der Waals surface area (Å²) in [7, 11) is 0. The van der Waals surface area contributed by atoms with Gasteiger partial charge in [0.25, 0.3) is 5.91 Å². The van der Waals surface area contributed by atoms with Crippen molar-refractivity contribution in [1.82, 2.24) is 15.4 Å². The number of carbonyl (C=O) groups excluding carboxylic acids is 1. The fourth-order valence-corrected chi connectivity index (χ4v) is 2.24. The highest BCUT2D eigenvalue weighted by atomic mass is 16.3. The van der Waals surface area contributed by atoms with Gasteiger partial charge in [-0.05, 0) is 25.1 Å². The van der Waals surface area contributed by atoms with E-state index in [1.165, 1.54) is 6.08 Å². The van der Waals surface area contributed by atoms with Gasteiger partial charge in [-0.3, -0.25) is 4.79 Å². The fraction of sp³-hybridized carbons (Fsp3) is 0.0556. The van der Waals surface area contributed by atoms with Crippen LogP contribution in [-0.4, -0.2) is 26.7 Å². The third-order valence-corrected chi connectivity index (χ3v) is 3.38. The molecule has 1 amide bonds. The van der Waals surface area contributed by atoms with Crippen molar-refractivity contribution >= 4 is 22.7 Å². The van der Waals surface area contributed by atoms with E-state index in [1.807, 2.05) is 30.3 Å². The molecule has 0 aliphatic heterocycles. The molecule has 0 atom stereocenters. The minimum Gasteiger partial charge on any atom is -0.513 e. The minimum absolute atomic E-state index is 0.103. The normalized spacial score (nSPS) is 12.4. The Bertz CT molecular complexity index is 922. The first-order valence-corrected chi connectivity index (χ1v) is 7.37. The molecule has 6 heteroatoms. The molecule has 1 aromatic heterocycles. The zero-order valence-corrected chi connectivity index (χ0v) is 13.0. The van der Waals surface area contributed by atoms with Crippen LogP contribution in [0.15, 0.2) is 71.8 Å². The smallest absolute Gasteiger partial charge is 0.271 e. The zero-order chi connectivity index (χ0) is 16.9. The molecular weight excluding hydrogens is 304 g/mol. The average Bonchev–Trinajstić information content (AvgIpc) is 3.06. The lowest BCUT2D eigenvalue weighted by Crippen LogP contribution is -2.19. The number of fused-ring (bicyclic) bond motifs is 1. The van der Waals surface area contributed by atoms with Crippen molar-refractivity contribution < 1.29 is 9.90 Å². The highest BCUT2D eigenvalue weighted by Crippen LogP contribution is 2.11. The van der Waals surface area contributed by atoms with Crippen molar-refractivity contribution in [1.29, 1.82) is 0 Å². The van der Waals surface area contributed by atoms with Crippen LogP contribution in [-0.2, 0) is 0 Å². The standard InChI is InChI=1S/C18H16N4O2/c1-12(23)9-16(13-5-3-2-4-6-13)21-22-18(24)14-7-8-15-17(10-14)20-11-19-15/h2-11,23H,1H3,(H,19,20)(H,22,24). The Kier molecular flexibility index (Phi) is 4.38. The molecule has 3 N–H and O–H groups in total. The van der Waals surface area contributed by atoms with E-state index in [2.05, 4.69) is 20.5 Å². The van der Waals surface area contributed by atoms with Gasteiger partial charge >= 0.3 is 0 Å². The molecule has 24 heavy (non-hydrogen) atoms. The molecule has 3 aromatic rings. The number of benzene rings is 2. The van der Waals surface area contributed by atoms with E-state index in [-0.39, 0.29) is 11.7 Å². The second-order valence-electron chi connectivity index (χ2n) is 5.22. The maximum absolute atomic E-state index is 12.3. The number of hydrogen-bond donors (Lipinski definition) is 3. The summed E-state index contributed by atoms with van der Waals surface area (Å²) in [4.78, 5) is 19.4. The largest absolute Gasteiger partial charge is 0.513 e. The number of carbonyl (C=O) groups is 1. The lowest BCUT2D eigenvalue weighted by Gasteiger charge is -2.04. The Balaban J connectivity index is 1.85. The molecule has 6 nitrogen and oxygen atoms in total. The molecule has 0 unspecified atom stereocenters. The summed E-state index contributed by atoms with van der Waals surface area (Å²) in [6, 6.07) is 14.5. The van der Waals surface area contributed by atoms with Crippen molar-refractivity contribution in [2.24, 2.45) is 5.10 Å². The van der Waals surface area contributed by atoms with Crippen LogP contribution in [0.3, 0.4) is 0 Å². The minimum atomic E-state index is -0.344. The van der Waals surface area contributed by atoms with E-state index in [0.717, 1.165) is 16.6 Å². The monoisotopic (exact) mass is 320 g/mol. The summed E-state index contributed by atoms with van der Waals surface area (Å²) in [5, 5.41) is 13.7. The molecule has 0 aliphatic rings. The maximum Gasteiger partial charge on any atom is 0.271 e. The van der Waals surface area contributed by atoms with Crippen molar-refractivity contribution in [3.8, 4) is 0 Å². The number of H-pyrrole nitrogens is 1. The third kappa shape index (κ3) is 3.49. The molecule has 0 radical (unpaired) electrons. The number of amides is 1. The van der Waals surface area contributed by atoms with E-state index >= 15 is 0 Å². The summed E-state index contributed by atoms with van der Waals surface area (Å²) in [5.74, 6) is -0.241.